The number of rotatable bonds is 2. The van der Waals surface area contributed by atoms with Crippen molar-refractivity contribution in [1.82, 2.24) is 5.32 Å². The summed E-state index contributed by atoms with van der Waals surface area (Å²) in [6, 6.07) is 0. The minimum Gasteiger partial charge on any atom is -0.317 e. The summed E-state index contributed by atoms with van der Waals surface area (Å²) in [4.78, 5) is 0. The number of hydrogen-bond donors (Lipinski definition) is 1. The molecule has 68 valence electrons. The Morgan fingerprint density at radius 2 is 1.83 bits per heavy atom. The summed E-state index contributed by atoms with van der Waals surface area (Å²) in [5.74, 6) is -0.0428. The van der Waals surface area contributed by atoms with Gasteiger partial charge in [-0.2, -0.15) is 10.2 Å². The number of halogens is 2. The predicted molar refractivity (Wildman–Crippen MR) is 39.2 cm³/mol. The standard InChI is InChI=1S/C7H11F2N3/c8-6(9)7(11-12-7)5-1-3-10-4-2-5/h5-6,10H,1-4H2. The first-order valence-electron chi connectivity index (χ1n) is 4.18. The van der Waals surface area contributed by atoms with Gasteiger partial charge in [0, 0.05) is 5.92 Å². The summed E-state index contributed by atoms with van der Waals surface area (Å²) in [5.41, 5.74) is -1.30. The van der Waals surface area contributed by atoms with Crippen LogP contribution in [0, 0.1) is 5.92 Å². The molecule has 2 heterocycles. The van der Waals surface area contributed by atoms with Gasteiger partial charge in [-0.05, 0) is 25.9 Å². The number of nitrogens with zero attached hydrogens (tertiary/aromatic N) is 2. The Labute approximate surface area is 69.2 Å². The summed E-state index contributed by atoms with van der Waals surface area (Å²) in [7, 11) is 0. The van der Waals surface area contributed by atoms with Gasteiger partial charge in [-0.3, -0.25) is 0 Å². The number of piperidine rings is 1. The molecule has 1 saturated heterocycles. The molecule has 0 atom stereocenters. The Bertz CT molecular complexity index is 193. The molecule has 2 aliphatic heterocycles. The molecular weight excluding hydrogens is 164 g/mol. The number of alkyl halides is 2. The van der Waals surface area contributed by atoms with Gasteiger partial charge in [-0.15, -0.1) is 0 Å². The molecule has 0 aromatic carbocycles. The SMILES string of the molecule is FC(F)C1(C2CCNCC2)N=N1. The lowest BCUT2D eigenvalue weighted by Crippen LogP contribution is -2.39. The van der Waals surface area contributed by atoms with Crippen LogP contribution in [0.2, 0.25) is 0 Å². The van der Waals surface area contributed by atoms with E-state index in [1.165, 1.54) is 0 Å². The van der Waals surface area contributed by atoms with Crippen LogP contribution >= 0.6 is 0 Å². The first-order chi connectivity index (χ1) is 5.76. The van der Waals surface area contributed by atoms with Gasteiger partial charge in [-0.25, -0.2) is 8.78 Å². The van der Waals surface area contributed by atoms with Gasteiger partial charge in [0.25, 0.3) is 12.1 Å². The van der Waals surface area contributed by atoms with Crippen LogP contribution in [0.15, 0.2) is 10.2 Å². The summed E-state index contributed by atoms with van der Waals surface area (Å²) in [6.07, 6.45) is -0.894. The van der Waals surface area contributed by atoms with Crippen molar-refractivity contribution in [2.45, 2.75) is 24.9 Å². The zero-order chi connectivity index (χ0) is 8.60. The van der Waals surface area contributed by atoms with E-state index in [-0.39, 0.29) is 5.92 Å². The monoisotopic (exact) mass is 175 g/mol. The molecule has 0 aromatic rings. The zero-order valence-electron chi connectivity index (χ0n) is 6.63. The Kier molecular flexibility index (Phi) is 1.83. The highest BCUT2D eigenvalue weighted by molar-refractivity contribution is 5.02. The van der Waals surface area contributed by atoms with E-state index in [1.54, 1.807) is 0 Å². The quantitative estimate of drug-likeness (QED) is 0.676. The van der Waals surface area contributed by atoms with Gasteiger partial charge in [0.1, 0.15) is 0 Å². The van der Waals surface area contributed by atoms with E-state index < -0.39 is 12.1 Å². The summed E-state index contributed by atoms with van der Waals surface area (Å²) in [5, 5.41) is 10.1. The third-order valence-electron chi connectivity index (χ3n) is 2.59. The first kappa shape index (κ1) is 8.04. The van der Waals surface area contributed by atoms with E-state index in [4.69, 9.17) is 0 Å². The van der Waals surface area contributed by atoms with Crippen molar-refractivity contribution in [1.29, 1.82) is 0 Å². The minimum absolute atomic E-state index is 0.0428. The lowest BCUT2D eigenvalue weighted by molar-refractivity contribution is 0.0529. The van der Waals surface area contributed by atoms with Gasteiger partial charge in [0.15, 0.2) is 0 Å². The average Bonchev–Trinajstić information content (AvgIpc) is 2.86. The highest BCUT2D eigenvalue weighted by atomic mass is 19.3. The molecule has 0 spiro atoms. The molecule has 5 heteroatoms. The molecule has 0 unspecified atom stereocenters. The lowest BCUT2D eigenvalue weighted by atomic mass is 9.88. The van der Waals surface area contributed by atoms with E-state index in [1.807, 2.05) is 0 Å². The van der Waals surface area contributed by atoms with E-state index in [9.17, 15) is 8.78 Å². The van der Waals surface area contributed by atoms with Crippen LogP contribution in [-0.4, -0.2) is 25.2 Å². The molecule has 3 nitrogen and oxygen atoms in total. The van der Waals surface area contributed by atoms with Gasteiger partial charge in [0.05, 0.1) is 0 Å². The molecule has 2 rings (SSSR count). The van der Waals surface area contributed by atoms with Crippen molar-refractivity contribution in [2.24, 2.45) is 16.1 Å². The van der Waals surface area contributed by atoms with E-state index in [0.29, 0.717) is 0 Å². The van der Waals surface area contributed by atoms with Crippen molar-refractivity contribution in [3.05, 3.63) is 0 Å². The summed E-state index contributed by atoms with van der Waals surface area (Å²) in [6.45, 7) is 1.62. The second-order valence-corrected chi connectivity index (χ2v) is 3.31. The molecule has 0 bridgehead atoms. The summed E-state index contributed by atoms with van der Waals surface area (Å²) < 4.78 is 24.9. The molecule has 0 aromatic heterocycles. The lowest BCUT2D eigenvalue weighted by Gasteiger charge is -2.26. The molecule has 1 fully saturated rings. The van der Waals surface area contributed by atoms with Crippen LogP contribution < -0.4 is 5.32 Å². The number of nitrogens with one attached hydrogen (secondary N) is 1. The van der Waals surface area contributed by atoms with Gasteiger partial charge < -0.3 is 5.32 Å². The van der Waals surface area contributed by atoms with E-state index in [2.05, 4.69) is 15.5 Å². The normalized spacial score (nSPS) is 27.9. The van der Waals surface area contributed by atoms with Crippen molar-refractivity contribution >= 4 is 0 Å². The third-order valence-corrected chi connectivity index (χ3v) is 2.59. The van der Waals surface area contributed by atoms with Crippen LogP contribution in [0.5, 0.6) is 0 Å². The Balaban J connectivity index is 1.98. The topological polar surface area (TPSA) is 36.8 Å². The fourth-order valence-corrected chi connectivity index (χ4v) is 1.73. The maximum Gasteiger partial charge on any atom is 0.287 e. The highest BCUT2D eigenvalue weighted by Crippen LogP contribution is 2.45. The highest BCUT2D eigenvalue weighted by Gasteiger charge is 2.55. The van der Waals surface area contributed by atoms with Crippen LogP contribution in [0.25, 0.3) is 0 Å². The maximum atomic E-state index is 12.5. The Hall–Kier alpha value is -0.580. The first-order valence-corrected chi connectivity index (χ1v) is 4.18. The molecule has 0 amide bonds. The Morgan fingerprint density at radius 1 is 1.25 bits per heavy atom. The molecule has 2 aliphatic rings. The van der Waals surface area contributed by atoms with Crippen molar-refractivity contribution in [3.8, 4) is 0 Å². The molecule has 12 heavy (non-hydrogen) atoms. The van der Waals surface area contributed by atoms with Crippen molar-refractivity contribution in [3.63, 3.8) is 0 Å². The smallest absolute Gasteiger partial charge is 0.287 e. The van der Waals surface area contributed by atoms with Crippen LogP contribution in [0.4, 0.5) is 8.78 Å². The molecule has 1 N–H and O–H groups in total. The van der Waals surface area contributed by atoms with Crippen LogP contribution in [0.3, 0.4) is 0 Å². The number of hydrogen-bond acceptors (Lipinski definition) is 3. The van der Waals surface area contributed by atoms with Crippen LogP contribution in [-0.2, 0) is 0 Å². The zero-order valence-corrected chi connectivity index (χ0v) is 6.63. The van der Waals surface area contributed by atoms with E-state index in [0.717, 1.165) is 25.9 Å². The third kappa shape index (κ3) is 1.12. The Morgan fingerprint density at radius 3 is 2.25 bits per heavy atom. The van der Waals surface area contributed by atoms with Crippen molar-refractivity contribution < 1.29 is 8.78 Å². The molecular formula is C7H11F2N3. The fraction of sp³-hybridized carbons (Fsp3) is 1.00. The predicted octanol–water partition coefficient (Wildman–Crippen LogP) is 1.41. The van der Waals surface area contributed by atoms with Gasteiger partial charge >= 0.3 is 0 Å². The molecule has 0 radical (unpaired) electrons. The van der Waals surface area contributed by atoms with Gasteiger partial charge in [0.2, 0.25) is 0 Å². The van der Waals surface area contributed by atoms with Gasteiger partial charge in [-0.1, -0.05) is 0 Å². The minimum atomic E-state index is -2.42. The molecule has 0 aliphatic carbocycles. The van der Waals surface area contributed by atoms with E-state index >= 15 is 0 Å². The maximum absolute atomic E-state index is 12.5. The average molecular weight is 175 g/mol. The largest absolute Gasteiger partial charge is 0.317 e. The fourth-order valence-electron chi connectivity index (χ4n) is 1.73. The second kappa shape index (κ2) is 2.73. The second-order valence-electron chi connectivity index (χ2n) is 3.31. The van der Waals surface area contributed by atoms with Crippen LogP contribution in [0.1, 0.15) is 12.8 Å². The summed E-state index contributed by atoms with van der Waals surface area (Å²) >= 11 is 0. The molecule has 0 saturated carbocycles. The van der Waals surface area contributed by atoms with Crippen molar-refractivity contribution in [2.75, 3.05) is 13.1 Å².